The topological polar surface area (TPSA) is 64.4 Å². The summed E-state index contributed by atoms with van der Waals surface area (Å²) in [7, 11) is 0. The third-order valence-corrected chi connectivity index (χ3v) is 4.71. The van der Waals surface area contributed by atoms with Crippen molar-refractivity contribution >= 4 is 28.6 Å². The molecule has 0 spiro atoms. The predicted molar refractivity (Wildman–Crippen MR) is 98.9 cm³/mol. The van der Waals surface area contributed by atoms with Gasteiger partial charge in [-0.3, -0.25) is 4.79 Å². The van der Waals surface area contributed by atoms with E-state index in [1.54, 1.807) is 12.3 Å². The van der Waals surface area contributed by atoms with Gasteiger partial charge in [0.05, 0.1) is 30.7 Å². The first kappa shape index (κ1) is 17.4. The number of aryl methyl sites for hydroxylation is 1. The normalized spacial score (nSPS) is 10.8. The van der Waals surface area contributed by atoms with Crippen LogP contribution in [0.25, 0.3) is 10.9 Å². The zero-order valence-electron chi connectivity index (χ0n) is 14.2. The number of nitrogens with zero attached hydrogens (tertiary/aromatic N) is 1. The molecule has 0 bridgehead atoms. The van der Waals surface area contributed by atoms with Crippen molar-refractivity contribution in [2.75, 3.05) is 12.4 Å². The number of hydrogen-bond donors (Lipinski definition) is 1. The first-order valence-corrected chi connectivity index (χ1v) is 9.10. The molecule has 1 amide bonds. The minimum atomic E-state index is -0.0469. The highest BCUT2D eigenvalue weighted by molar-refractivity contribution is 7.99. The summed E-state index contributed by atoms with van der Waals surface area (Å²) in [5.74, 6) is 1.85. The zero-order valence-corrected chi connectivity index (χ0v) is 15.1. The molecule has 0 radical (unpaired) electrons. The van der Waals surface area contributed by atoms with E-state index in [2.05, 4.69) is 16.4 Å². The third kappa shape index (κ3) is 4.54. The summed E-state index contributed by atoms with van der Waals surface area (Å²) >= 11 is 1.44. The Morgan fingerprint density at radius 3 is 2.96 bits per heavy atom. The van der Waals surface area contributed by atoms with Gasteiger partial charge < -0.3 is 14.5 Å². The largest absolute Gasteiger partial charge is 0.494 e. The lowest BCUT2D eigenvalue weighted by Crippen LogP contribution is -2.24. The van der Waals surface area contributed by atoms with E-state index in [4.69, 9.17) is 9.15 Å². The van der Waals surface area contributed by atoms with Crippen molar-refractivity contribution in [1.82, 2.24) is 10.3 Å². The van der Waals surface area contributed by atoms with E-state index in [0.29, 0.717) is 18.9 Å². The van der Waals surface area contributed by atoms with Gasteiger partial charge in [0.15, 0.2) is 0 Å². The highest BCUT2D eigenvalue weighted by atomic mass is 32.2. The van der Waals surface area contributed by atoms with Crippen molar-refractivity contribution in [3.05, 3.63) is 54.0 Å². The number of nitrogens with one attached hydrogen (secondary N) is 1. The Labute approximate surface area is 150 Å². The molecule has 3 aromatic rings. The number of thioether (sulfide) groups is 1. The Kier molecular flexibility index (Phi) is 5.60. The Bertz CT molecular complexity index is 862. The number of carbonyl (C=O) groups excluding carboxylic acids is 1. The van der Waals surface area contributed by atoms with Crippen molar-refractivity contribution in [2.45, 2.75) is 25.4 Å². The van der Waals surface area contributed by atoms with Crippen LogP contribution < -0.4 is 10.1 Å². The molecule has 3 rings (SSSR count). The predicted octanol–water partition coefficient (Wildman–Crippen LogP) is 3.94. The molecule has 0 aliphatic carbocycles. The molecule has 1 N–H and O–H groups in total. The molecule has 0 saturated carbocycles. The quantitative estimate of drug-likeness (QED) is 0.650. The van der Waals surface area contributed by atoms with E-state index in [-0.39, 0.29) is 5.91 Å². The average Bonchev–Trinajstić information content (AvgIpc) is 3.12. The molecule has 1 aromatic carbocycles. The summed E-state index contributed by atoms with van der Waals surface area (Å²) in [6.45, 7) is 5.00. The minimum Gasteiger partial charge on any atom is -0.494 e. The molecular weight excluding hydrogens is 336 g/mol. The summed E-state index contributed by atoms with van der Waals surface area (Å²) in [6, 6.07) is 11.6. The molecule has 0 aliphatic rings. The van der Waals surface area contributed by atoms with Gasteiger partial charge in [-0.1, -0.05) is 11.8 Å². The molecule has 6 heteroatoms. The number of ether oxygens (including phenoxy) is 1. The molecule has 0 fully saturated rings. The molecule has 0 unspecified atom stereocenters. The van der Waals surface area contributed by atoms with Crippen molar-refractivity contribution in [1.29, 1.82) is 0 Å². The number of furan rings is 1. The van der Waals surface area contributed by atoms with E-state index < -0.39 is 0 Å². The van der Waals surface area contributed by atoms with E-state index >= 15 is 0 Å². The third-order valence-electron chi connectivity index (χ3n) is 3.62. The molecule has 25 heavy (non-hydrogen) atoms. The second-order valence-corrected chi connectivity index (χ2v) is 6.51. The van der Waals surface area contributed by atoms with Crippen LogP contribution in [0.4, 0.5) is 0 Å². The zero-order chi connectivity index (χ0) is 17.6. The fourth-order valence-electron chi connectivity index (χ4n) is 2.43. The van der Waals surface area contributed by atoms with Gasteiger partial charge in [-0.2, -0.15) is 0 Å². The van der Waals surface area contributed by atoms with E-state index in [1.807, 2.05) is 38.1 Å². The van der Waals surface area contributed by atoms with E-state index in [0.717, 1.165) is 33.0 Å². The second-order valence-electron chi connectivity index (χ2n) is 5.54. The maximum atomic E-state index is 12.0. The van der Waals surface area contributed by atoms with Crippen molar-refractivity contribution in [2.24, 2.45) is 0 Å². The minimum absolute atomic E-state index is 0.0469. The molecule has 0 aliphatic heterocycles. The Balaban J connectivity index is 1.63. The van der Waals surface area contributed by atoms with Gasteiger partial charge in [0.25, 0.3) is 0 Å². The average molecular weight is 356 g/mol. The Hall–Kier alpha value is -2.47. The lowest BCUT2D eigenvalue weighted by Gasteiger charge is -2.09. The maximum absolute atomic E-state index is 12.0. The number of carbonyl (C=O) groups is 1. The Morgan fingerprint density at radius 1 is 1.32 bits per heavy atom. The van der Waals surface area contributed by atoms with Crippen LogP contribution in [0.15, 0.2) is 52.1 Å². The van der Waals surface area contributed by atoms with Gasteiger partial charge in [-0.25, -0.2) is 4.98 Å². The molecule has 5 nitrogen and oxygen atoms in total. The summed E-state index contributed by atoms with van der Waals surface area (Å²) in [5, 5.41) is 4.74. The number of rotatable bonds is 7. The molecule has 0 atom stereocenters. The lowest BCUT2D eigenvalue weighted by molar-refractivity contribution is -0.118. The number of amides is 1. The van der Waals surface area contributed by atoms with Crippen LogP contribution in [0.2, 0.25) is 0 Å². The van der Waals surface area contributed by atoms with Crippen LogP contribution in [-0.2, 0) is 11.3 Å². The molecule has 2 aromatic heterocycles. The van der Waals surface area contributed by atoms with Gasteiger partial charge in [0, 0.05) is 5.39 Å². The van der Waals surface area contributed by atoms with Gasteiger partial charge in [0.2, 0.25) is 5.91 Å². The molecule has 2 heterocycles. The summed E-state index contributed by atoms with van der Waals surface area (Å²) in [5.41, 5.74) is 1.94. The van der Waals surface area contributed by atoms with E-state index in [9.17, 15) is 4.79 Å². The smallest absolute Gasteiger partial charge is 0.230 e. The summed E-state index contributed by atoms with van der Waals surface area (Å²) < 4.78 is 10.7. The van der Waals surface area contributed by atoms with Crippen molar-refractivity contribution in [3.8, 4) is 5.75 Å². The standard InChI is InChI=1S/C19H20N2O3S/c1-3-23-15-6-7-17-14(10-15)9-13(2)19(21-17)25-12-18(22)20-11-16-5-4-8-24-16/h4-10H,3,11-12H2,1-2H3,(H,20,22). The highest BCUT2D eigenvalue weighted by Gasteiger charge is 2.09. The maximum Gasteiger partial charge on any atom is 0.230 e. The number of hydrogen-bond acceptors (Lipinski definition) is 5. The fourth-order valence-corrected chi connectivity index (χ4v) is 3.25. The van der Waals surface area contributed by atoms with Crippen LogP contribution in [0, 0.1) is 6.92 Å². The first-order chi connectivity index (χ1) is 12.2. The monoisotopic (exact) mass is 356 g/mol. The molecule has 130 valence electrons. The van der Waals surface area contributed by atoms with Gasteiger partial charge in [0.1, 0.15) is 16.5 Å². The van der Waals surface area contributed by atoms with Crippen LogP contribution in [-0.4, -0.2) is 23.3 Å². The number of aromatic nitrogens is 1. The van der Waals surface area contributed by atoms with Crippen molar-refractivity contribution in [3.63, 3.8) is 0 Å². The van der Waals surface area contributed by atoms with Crippen LogP contribution in [0.3, 0.4) is 0 Å². The van der Waals surface area contributed by atoms with Crippen LogP contribution in [0.1, 0.15) is 18.2 Å². The van der Waals surface area contributed by atoms with Gasteiger partial charge >= 0.3 is 0 Å². The van der Waals surface area contributed by atoms with Crippen LogP contribution >= 0.6 is 11.8 Å². The SMILES string of the molecule is CCOc1ccc2nc(SCC(=O)NCc3ccco3)c(C)cc2c1. The number of fused-ring (bicyclic) bond motifs is 1. The summed E-state index contributed by atoms with van der Waals surface area (Å²) in [4.78, 5) is 16.7. The van der Waals surface area contributed by atoms with Crippen LogP contribution in [0.5, 0.6) is 5.75 Å². The van der Waals surface area contributed by atoms with E-state index in [1.165, 1.54) is 11.8 Å². The number of benzene rings is 1. The Morgan fingerprint density at radius 2 is 2.20 bits per heavy atom. The highest BCUT2D eigenvalue weighted by Crippen LogP contribution is 2.26. The molecule has 0 saturated heterocycles. The van der Waals surface area contributed by atoms with Gasteiger partial charge in [-0.05, 0) is 55.8 Å². The summed E-state index contributed by atoms with van der Waals surface area (Å²) in [6.07, 6.45) is 1.59. The fraction of sp³-hybridized carbons (Fsp3) is 0.263. The number of pyridine rings is 1. The second kappa shape index (κ2) is 8.07. The first-order valence-electron chi connectivity index (χ1n) is 8.12. The molecular formula is C19H20N2O3S. The van der Waals surface area contributed by atoms with Crippen molar-refractivity contribution < 1.29 is 13.9 Å². The van der Waals surface area contributed by atoms with Gasteiger partial charge in [-0.15, -0.1) is 0 Å². The lowest BCUT2D eigenvalue weighted by atomic mass is 10.1.